The average molecular weight is 321 g/mol. The predicted molar refractivity (Wildman–Crippen MR) is 85.0 cm³/mol. The third kappa shape index (κ3) is 2.93. The fourth-order valence-corrected chi connectivity index (χ4v) is 4.35. The first kappa shape index (κ1) is 15.6. The summed E-state index contributed by atoms with van der Waals surface area (Å²) in [6.45, 7) is 3.45. The van der Waals surface area contributed by atoms with Crippen molar-refractivity contribution in [2.24, 2.45) is 5.92 Å². The normalized spacial score (nSPS) is 38.1. The molecule has 1 aromatic rings. The van der Waals surface area contributed by atoms with Gasteiger partial charge < -0.3 is 24.5 Å². The molecule has 0 amide bonds. The lowest BCUT2D eigenvalue weighted by Gasteiger charge is -2.40. The van der Waals surface area contributed by atoms with Crippen LogP contribution in [0.5, 0.6) is 0 Å². The van der Waals surface area contributed by atoms with E-state index in [4.69, 9.17) is 9.47 Å². The molecular formula is C17H27N3O3. The molecule has 4 rings (SSSR count). The number of aliphatic hydroxyl groups is 1. The van der Waals surface area contributed by atoms with Gasteiger partial charge in [-0.2, -0.15) is 0 Å². The summed E-state index contributed by atoms with van der Waals surface area (Å²) >= 11 is 0. The molecule has 1 aliphatic carbocycles. The van der Waals surface area contributed by atoms with E-state index in [1.54, 1.807) is 6.20 Å². The van der Waals surface area contributed by atoms with Gasteiger partial charge in [0.25, 0.3) is 0 Å². The van der Waals surface area contributed by atoms with Crippen molar-refractivity contribution in [3.05, 3.63) is 18.2 Å². The maximum Gasteiger partial charge on any atom is 0.181 e. The number of aromatic nitrogens is 2. The quantitative estimate of drug-likeness (QED) is 0.877. The molecule has 2 saturated heterocycles. The fourth-order valence-electron chi connectivity index (χ4n) is 4.35. The van der Waals surface area contributed by atoms with Gasteiger partial charge in [-0.25, -0.2) is 4.98 Å². The molecular weight excluding hydrogens is 294 g/mol. The van der Waals surface area contributed by atoms with Crippen molar-refractivity contribution in [2.75, 3.05) is 13.2 Å². The van der Waals surface area contributed by atoms with Gasteiger partial charge in [-0.15, -0.1) is 0 Å². The van der Waals surface area contributed by atoms with Gasteiger partial charge in [-0.05, 0) is 32.2 Å². The Bertz CT molecular complexity index is 529. The van der Waals surface area contributed by atoms with E-state index in [-0.39, 0.29) is 24.5 Å². The summed E-state index contributed by atoms with van der Waals surface area (Å²) in [4.78, 5) is 4.27. The summed E-state index contributed by atoms with van der Waals surface area (Å²) in [5.41, 5.74) is 0. The van der Waals surface area contributed by atoms with E-state index < -0.39 is 6.10 Å². The van der Waals surface area contributed by atoms with Crippen molar-refractivity contribution in [1.82, 2.24) is 14.9 Å². The van der Waals surface area contributed by atoms with Crippen LogP contribution >= 0.6 is 0 Å². The van der Waals surface area contributed by atoms with Crippen molar-refractivity contribution in [1.29, 1.82) is 0 Å². The van der Waals surface area contributed by atoms with Gasteiger partial charge in [0, 0.05) is 12.4 Å². The number of nitrogens with one attached hydrogen (secondary N) is 1. The van der Waals surface area contributed by atoms with Gasteiger partial charge in [0.15, 0.2) is 6.29 Å². The number of aliphatic hydroxyl groups excluding tert-OH is 1. The molecule has 0 spiro atoms. The second-order valence-electron chi connectivity index (χ2n) is 7.18. The van der Waals surface area contributed by atoms with Gasteiger partial charge in [0.2, 0.25) is 0 Å². The molecule has 1 aromatic heterocycles. The van der Waals surface area contributed by atoms with Crippen molar-refractivity contribution in [3.8, 4) is 0 Å². The zero-order valence-corrected chi connectivity index (χ0v) is 13.7. The molecule has 0 radical (unpaired) electrons. The molecule has 3 fully saturated rings. The molecule has 3 aliphatic rings. The Morgan fingerprint density at radius 1 is 1.35 bits per heavy atom. The Balaban J connectivity index is 1.47. The lowest BCUT2D eigenvalue weighted by atomic mass is 9.88. The molecule has 1 saturated carbocycles. The molecule has 23 heavy (non-hydrogen) atoms. The molecule has 6 nitrogen and oxygen atoms in total. The number of rotatable bonds is 4. The van der Waals surface area contributed by atoms with Gasteiger partial charge in [0.05, 0.1) is 18.8 Å². The molecule has 2 N–H and O–H groups in total. The molecule has 6 heteroatoms. The van der Waals surface area contributed by atoms with E-state index in [0.29, 0.717) is 6.61 Å². The summed E-state index contributed by atoms with van der Waals surface area (Å²) in [7, 11) is 0. The molecule has 2 bridgehead atoms. The number of ether oxygens (including phenoxy) is 2. The van der Waals surface area contributed by atoms with Crippen LogP contribution in [0.25, 0.3) is 0 Å². The number of nitrogens with zero attached hydrogens (tertiary/aromatic N) is 2. The van der Waals surface area contributed by atoms with Crippen molar-refractivity contribution in [2.45, 2.75) is 69.6 Å². The molecule has 5 unspecified atom stereocenters. The van der Waals surface area contributed by atoms with Crippen molar-refractivity contribution >= 4 is 0 Å². The topological polar surface area (TPSA) is 68.5 Å². The Morgan fingerprint density at radius 3 is 2.91 bits per heavy atom. The maximum absolute atomic E-state index is 11.0. The van der Waals surface area contributed by atoms with Gasteiger partial charge in [0.1, 0.15) is 18.0 Å². The van der Waals surface area contributed by atoms with Crippen LogP contribution in [0, 0.1) is 12.8 Å². The number of fused-ring (bicyclic) bond motifs is 2. The number of aryl methyl sites for hydroxylation is 1. The SMILES string of the molecule is Cc1nccn1C1C2OCC(O2)C(NCC2CCCCC2)C1O. The minimum atomic E-state index is -0.530. The first-order chi connectivity index (χ1) is 11.2. The zero-order valence-electron chi connectivity index (χ0n) is 13.7. The highest BCUT2D eigenvalue weighted by atomic mass is 16.7. The molecule has 3 heterocycles. The number of hydrogen-bond acceptors (Lipinski definition) is 5. The van der Waals surface area contributed by atoms with E-state index in [2.05, 4.69) is 10.3 Å². The third-order valence-corrected chi connectivity index (χ3v) is 5.68. The Labute approximate surface area is 137 Å². The number of imidazole rings is 1. The van der Waals surface area contributed by atoms with Crippen molar-refractivity contribution < 1.29 is 14.6 Å². The van der Waals surface area contributed by atoms with E-state index in [1.807, 2.05) is 17.7 Å². The fraction of sp³-hybridized carbons (Fsp3) is 0.824. The maximum atomic E-state index is 11.0. The zero-order chi connectivity index (χ0) is 15.8. The standard InChI is InChI=1S/C17H27N3O3/c1-11-18-7-8-20(11)15-16(21)14(13-10-22-17(15)23-13)19-9-12-5-3-2-4-6-12/h7-8,12-17,19,21H,2-6,9-10H2,1H3. The highest BCUT2D eigenvalue weighted by molar-refractivity contribution is 5.04. The van der Waals surface area contributed by atoms with Crippen LogP contribution in [0.1, 0.15) is 44.0 Å². The Hall–Kier alpha value is -0.950. The lowest BCUT2D eigenvalue weighted by Crippen LogP contribution is -2.58. The second kappa shape index (κ2) is 6.51. The van der Waals surface area contributed by atoms with Crippen LogP contribution < -0.4 is 5.32 Å². The first-order valence-electron chi connectivity index (χ1n) is 8.92. The highest BCUT2D eigenvalue weighted by Crippen LogP contribution is 2.36. The number of hydrogen-bond donors (Lipinski definition) is 2. The second-order valence-corrected chi connectivity index (χ2v) is 7.18. The van der Waals surface area contributed by atoms with Crippen LogP contribution in [0.3, 0.4) is 0 Å². The highest BCUT2D eigenvalue weighted by Gasteiger charge is 2.51. The summed E-state index contributed by atoms with van der Waals surface area (Å²) in [5, 5.41) is 14.6. The summed E-state index contributed by atoms with van der Waals surface area (Å²) in [6, 6.07) is -0.317. The average Bonchev–Trinajstić information content (AvgIpc) is 3.17. The summed E-state index contributed by atoms with van der Waals surface area (Å²) < 4.78 is 13.8. The lowest BCUT2D eigenvalue weighted by molar-refractivity contribution is -0.166. The van der Waals surface area contributed by atoms with E-state index in [0.717, 1.165) is 18.3 Å². The molecule has 128 valence electrons. The van der Waals surface area contributed by atoms with Crippen LogP contribution in [0.2, 0.25) is 0 Å². The van der Waals surface area contributed by atoms with E-state index >= 15 is 0 Å². The minimum absolute atomic E-state index is 0.0568. The largest absolute Gasteiger partial charge is 0.389 e. The Kier molecular flexibility index (Phi) is 4.41. The van der Waals surface area contributed by atoms with Crippen LogP contribution in [-0.4, -0.2) is 52.3 Å². The van der Waals surface area contributed by atoms with E-state index in [1.165, 1.54) is 32.1 Å². The van der Waals surface area contributed by atoms with Crippen molar-refractivity contribution in [3.63, 3.8) is 0 Å². The third-order valence-electron chi connectivity index (χ3n) is 5.68. The smallest absolute Gasteiger partial charge is 0.181 e. The minimum Gasteiger partial charge on any atom is -0.389 e. The molecule has 5 atom stereocenters. The molecule has 0 aromatic carbocycles. The van der Waals surface area contributed by atoms with Crippen LogP contribution in [0.4, 0.5) is 0 Å². The molecule has 2 aliphatic heterocycles. The van der Waals surface area contributed by atoms with Crippen LogP contribution in [-0.2, 0) is 9.47 Å². The summed E-state index contributed by atoms with van der Waals surface area (Å²) in [6.07, 6.45) is 9.32. The predicted octanol–water partition coefficient (Wildman–Crippen LogP) is 1.39. The van der Waals surface area contributed by atoms with E-state index in [9.17, 15) is 5.11 Å². The van der Waals surface area contributed by atoms with Crippen LogP contribution in [0.15, 0.2) is 12.4 Å². The van der Waals surface area contributed by atoms with Gasteiger partial charge in [-0.1, -0.05) is 19.3 Å². The first-order valence-corrected chi connectivity index (χ1v) is 8.92. The summed E-state index contributed by atoms with van der Waals surface area (Å²) in [5.74, 6) is 1.60. The monoisotopic (exact) mass is 321 g/mol. The van der Waals surface area contributed by atoms with Gasteiger partial charge >= 0.3 is 0 Å². The Morgan fingerprint density at radius 2 is 2.17 bits per heavy atom. The van der Waals surface area contributed by atoms with Gasteiger partial charge in [-0.3, -0.25) is 0 Å².